The molecule has 0 aliphatic carbocycles. The van der Waals surface area contributed by atoms with Crippen LogP contribution < -0.4 is 0 Å². The van der Waals surface area contributed by atoms with Crippen LogP contribution in [0.3, 0.4) is 0 Å². The van der Waals surface area contributed by atoms with Crippen LogP contribution in [0.2, 0.25) is 0 Å². The Labute approximate surface area is 248 Å². The van der Waals surface area contributed by atoms with E-state index in [-0.39, 0.29) is 0 Å². The normalized spacial score (nSPS) is 14.5. The molecule has 0 aromatic heterocycles. The third-order valence-corrected chi connectivity index (χ3v) is 13.7. The molecule has 1 heterocycles. The second kappa shape index (κ2) is 18.1. The fourth-order valence-electron chi connectivity index (χ4n) is 4.47. The number of fused-ring (bicyclic) bond motifs is 1. The molecule has 37 heavy (non-hydrogen) atoms. The molecule has 1 aromatic rings. The van der Waals surface area contributed by atoms with E-state index in [1.165, 1.54) is 31.2 Å². The zero-order valence-electron chi connectivity index (χ0n) is 24.2. The largest absolute Gasteiger partial charge is 0.357 e. The first kappa shape index (κ1) is 32.9. The summed E-state index contributed by atoms with van der Waals surface area (Å²) in [5.41, 5.74) is 2.92. The van der Waals surface area contributed by atoms with Crippen LogP contribution in [-0.4, -0.2) is 72.0 Å². The molecule has 0 spiro atoms. The summed E-state index contributed by atoms with van der Waals surface area (Å²) in [6, 6.07) is 9.06. The van der Waals surface area contributed by atoms with Crippen molar-refractivity contribution in [2.24, 2.45) is 0 Å². The van der Waals surface area contributed by atoms with Crippen LogP contribution in [0.4, 0.5) is 0 Å². The van der Waals surface area contributed by atoms with Gasteiger partial charge in [-0.3, -0.25) is 0 Å². The topological polar surface area (TPSA) is 13.0 Å². The lowest BCUT2D eigenvalue weighted by Crippen LogP contribution is -2.36. The van der Waals surface area contributed by atoms with Gasteiger partial charge in [0.1, 0.15) is 11.6 Å². The van der Waals surface area contributed by atoms with E-state index >= 15 is 0 Å². The van der Waals surface area contributed by atoms with Crippen LogP contribution in [0, 0.1) is 0 Å². The molecule has 9 heteroatoms. The molecule has 0 bridgehead atoms. The summed E-state index contributed by atoms with van der Waals surface area (Å²) in [5.74, 6) is 4.82. The van der Waals surface area contributed by atoms with Gasteiger partial charge in [0.25, 0.3) is 0 Å². The van der Waals surface area contributed by atoms with Crippen molar-refractivity contribution in [3.63, 3.8) is 0 Å². The minimum absolute atomic E-state index is 1.01. The summed E-state index contributed by atoms with van der Waals surface area (Å²) >= 11 is 4.03. The van der Waals surface area contributed by atoms with Crippen molar-refractivity contribution in [1.82, 2.24) is 19.6 Å². The predicted molar refractivity (Wildman–Crippen MR) is 178 cm³/mol. The van der Waals surface area contributed by atoms with E-state index in [0.29, 0.717) is 0 Å². The average Bonchev–Trinajstić information content (AvgIpc) is 2.97. The number of hydrogen-bond donors (Lipinski definition) is 0. The highest BCUT2D eigenvalue weighted by Crippen LogP contribution is 2.54. The number of nitrogens with zero attached hydrogens (tertiary/aromatic N) is 4. The first-order chi connectivity index (χ1) is 18.0. The van der Waals surface area contributed by atoms with Gasteiger partial charge in [0.2, 0.25) is 0 Å². The van der Waals surface area contributed by atoms with Crippen molar-refractivity contribution >= 4 is 54.9 Å². The van der Waals surface area contributed by atoms with E-state index < -0.39 is 0 Å². The molecule has 0 unspecified atom stereocenters. The molecule has 0 amide bonds. The molecular weight excluding hydrogens is 553 g/mol. The summed E-state index contributed by atoms with van der Waals surface area (Å²) in [6.07, 6.45) is 0. The first-order valence-corrected chi connectivity index (χ1v) is 19.3. The third kappa shape index (κ3) is 9.09. The maximum atomic E-state index is 2.54. The fraction of sp³-hybridized carbons (Fsp3) is 0.643. The summed E-state index contributed by atoms with van der Waals surface area (Å²) in [5, 5.41) is 0. The Morgan fingerprint density at radius 3 is 1.11 bits per heavy atom. The van der Waals surface area contributed by atoms with Crippen molar-refractivity contribution in [2.75, 3.05) is 52.4 Å². The van der Waals surface area contributed by atoms with Crippen LogP contribution in [0.15, 0.2) is 44.4 Å². The molecule has 0 saturated heterocycles. The Bertz CT molecular complexity index is 763. The molecular formula is C28H48N4S5. The average molecular weight is 601 g/mol. The minimum atomic E-state index is 1.01. The lowest BCUT2D eigenvalue weighted by atomic mass is 10.1. The van der Waals surface area contributed by atoms with Crippen molar-refractivity contribution in [3.05, 3.63) is 55.5 Å². The van der Waals surface area contributed by atoms with Crippen molar-refractivity contribution < 1.29 is 0 Å². The molecule has 4 nitrogen and oxygen atoms in total. The smallest absolute Gasteiger partial charge is 0.125 e. The second-order valence-electron chi connectivity index (χ2n) is 8.49. The molecule has 0 saturated carbocycles. The van der Waals surface area contributed by atoms with Crippen molar-refractivity contribution in [1.29, 1.82) is 0 Å². The van der Waals surface area contributed by atoms with Crippen molar-refractivity contribution in [2.45, 2.75) is 66.9 Å². The number of thioether (sulfide) groups is 2. The van der Waals surface area contributed by atoms with Crippen molar-refractivity contribution in [3.8, 4) is 0 Å². The van der Waals surface area contributed by atoms with Crippen LogP contribution in [0.5, 0.6) is 0 Å². The van der Waals surface area contributed by atoms with Gasteiger partial charge in [0.15, 0.2) is 0 Å². The summed E-state index contributed by atoms with van der Waals surface area (Å²) in [6.45, 7) is 26.4. The molecule has 210 valence electrons. The van der Waals surface area contributed by atoms with Gasteiger partial charge in [-0.15, -0.1) is 23.5 Å². The van der Waals surface area contributed by atoms with Crippen LogP contribution in [0.25, 0.3) is 0 Å². The van der Waals surface area contributed by atoms with Gasteiger partial charge in [-0.25, -0.2) is 0 Å². The molecule has 0 atom stereocenters. The Morgan fingerprint density at radius 1 is 0.541 bits per heavy atom. The summed E-state index contributed by atoms with van der Waals surface area (Å²) < 4.78 is 2.86. The zero-order valence-corrected chi connectivity index (χ0v) is 28.3. The van der Waals surface area contributed by atoms with E-state index in [4.69, 9.17) is 0 Å². The van der Waals surface area contributed by atoms with Gasteiger partial charge in [0, 0.05) is 63.9 Å². The quantitative estimate of drug-likeness (QED) is 0.216. The van der Waals surface area contributed by atoms with E-state index in [9.17, 15) is 0 Å². The molecule has 1 aliphatic rings. The lowest BCUT2D eigenvalue weighted by molar-refractivity contribution is 0.235. The molecule has 1 aliphatic heterocycles. The predicted octanol–water partition coefficient (Wildman–Crippen LogP) is 8.82. The Hall–Kier alpha value is -0.350. The highest BCUT2D eigenvalue weighted by molar-refractivity contribution is 9.12. The van der Waals surface area contributed by atoms with Gasteiger partial charge in [0.05, 0.1) is 8.47 Å². The zero-order chi connectivity index (χ0) is 27.2. The van der Waals surface area contributed by atoms with Crippen LogP contribution in [0.1, 0.15) is 66.5 Å². The monoisotopic (exact) mass is 600 g/mol. The van der Waals surface area contributed by atoms with E-state index in [2.05, 4.69) is 99.3 Å². The number of benzene rings is 1. The number of rotatable bonds is 12. The summed E-state index contributed by atoms with van der Waals surface area (Å²) in [4.78, 5) is 10.2. The van der Waals surface area contributed by atoms with Gasteiger partial charge < -0.3 is 19.6 Å². The van der Waals surface area contributed by atoms with Gasteiger partial charge in [-0.1, -0.05) is 24.3 Å². The lowest BCUT2D eigenvalue weighted by Gasteiger charge is -2.36. The molecule has 1 aromatic carbocycles. The van der Waals surface area contributed by atoms with Gasteiger partial charge >= 0.3 is 0 Å². The maximum absolute atomic E-state index is 2.54. The van der Waals surface area contributed by atoms with Gasteiger partial charge in [-0.05, 0) is 97.9 Å². The number of hydrogen-bond acceptors (Lipinski definition) is 9. The summed E-state index contributed by atoms with van der Waals surface area (Å²) in [7, 11) is 5.85. The Balaban J connectivity index is 2.66. The van der Waals surface area contributed by atoms with E-state index in [0.717, 1.165) is 63.9 Å². The fourth-order valence-corrected chi connectivity index (χ4v) is 12.6. The van der Waals surface area contributed by atoms with E-state index in [1.54, 1.807) is 0 Å². The van der Waals surface area contributed by atoms with Crippen LogP contribution >= 0.6 is 54.9 Å². The highest BCUT2D eigenvalue weighted by atomic mass is 33.5. The first-order valence-electron chi connectivity index (χ1n) is 13.8. The molecule has 0 N–H and O–H groups in total. The molecule has 0 radical (unpaired) electrons. The molecule has 0 fully saturated rings. The Morgan fingerprint density at radius 2 is 0.838 bits per heavy atom. The molecule has 2 rings (SSSR count). The maximum Gasteiger partial charge on any atom is 0.125 e. The van der Waals surface area contributed by atoms with Gasteiger partial charge in [-0.2, -0.15) is 0 Å². The SMILES string of the molecule is CCN(CC)C(=C1SCc2ccccc2CSC(=C(N(CC)CC)N(CC)CC)SSS1)N(CC)CC. The third-order valence-electron chi connectivity index (χ3n) is 6.67. The standard InChI is InChI=1S/C28H48N4S5/c1-9-29(10-2)25(30(11-3)12-4)27-33-21-23-19-17-18-20-24(23)22-34-28(36-37-35-27)26(31(13-5)14-6)32(15-7)16-8/h17-20H,9-16,21-22H2,1-8H3. The van der Waals surface area contributed by atoms with E-state index in [1.807, 2.05) is 54.9 Å². The minimum Gasteiger partial charge on any atom is -0.357 e. The Kier molecular flexibility index (Phi) is 16.1. The van der Waals surface area contributed by atoms with Crippen LogP contribution in [-0.2, 0) is 11.5 Å². The highest BCUT2D eigenvalue weighted by Gasteiger charge is 2.24. The second-order valence-corrected chi connectivity index (χ2v) is 14.9.